The number of aromatic carboxylic acids is 1. The Balaban J connectivity index is 2.37. The standard InChI is InChI=1S/C18H23Cl2IN2O5/c1-18(2,3)28-17(26)23-6-5-22-11(8-23)15(27-4)12-9(16(24)25)7-10(19)14(21)13(12)20/h7,11,15,22H,5-6,8H2,1-4H3,(H,24,25)/t11-,15?/m1/s1. The Morgan fingerprint density at radius 3 is 2.57 bits per heavy atom. The topological polar surface area (TPSA) is 88.1 Å². The SMILES string of the molecule is COC(c1c(C(=O)O)cc(Cl)c(I)c1Cl)[C@H]1CN(C(=O)OC(C)(C)C)CCN1. The number of hydrogen-bond acceptors (Lipinski definition) is 5. The van der Waals surface area contributed by atoms with Gasteiger partial charge in [-0.15, -0.1) is 0 Å². The average Bonchev–Trinajstić information content (AvgIpc) is 2.60. The van der Waals surface area contributed by atoms with Crippen LogP contribution in [-0.2, 0) is 9.47 Å². The number of amides is 1. The van der Waals surface area contributed by atoms with Crippen LogP contribution in [0.5, 0.6) is 0 Å². The molecule has 1 unspecified atom stereocenters. The van der Waals surface area contributed by atoms with Crippen LogP contribution < -0.4 is 5.32 Å². The summed E-state index contributed by atoms with van der Waals surface area (Å²) < 4.78 is 11.6. The third-order valence-corrected chi connectivity index (χ3v) is 6.64. The zero-order chi connectivity index (χ0) is 21.2. The fourth-order valence-corrected chi connectivity index (χ4v) is 4.03. The first-order valence-corrected chi connectivity index (χ1v) is 10.4. The van der Waals surface area contributed by atoms with Crippen LogP contribution in [0.25, 0.3) is 0 Å². The Labute approximate surface area is 187 Å². The number of nitrogens with one attached hydrogen (secondary N) is 1. The van der Waals surface area contributed by atoms with Crippen molar-refractivity contribution in [3.05, 3.63) is 30.8 Å². The maximum absolute atomic E-state index is 12.4. The predicted molar refractivity (Wildman–Crippen MR) is 115 cm³/mol. The molecule has 2 rings (SSSR count). The first kappa shape index (κ1) is 23.5. The van der Waals surface area contributed by atoms with E-state index in [0.717, 1.165) is 0 Å². The summed E-state index contributed by atoms with van der Waals surface area (Å²) in [5, 5.41) is 13.4. The molecular formula is C18H23Cl2IN2O5. The smallest absolute Gasteiger partial charge is 0.410 e. The highest BCUT2D eigenvalue weighted by atomic mass is 127. The Kier molecular flexibility index (Phi) is 7.83. The number of carbonyl (C=O) groups is 2. The summed E-state index contributed by atoms with van der Waals surface area (Å²) in [5.74, 6) is -1.16. The number of carbonyl (C=O) groups excluding carboxylic acids is 1. The lowest BCUT2D eigenvalue weighted by Gasteiger charge is -2.38. The lowest BCUT2D eigenvalue weighted by atomic mass is 9.95. The minimum Gasteiger partial charge on any atom is -0.478 e. The van der Waals surface area contributed by atoms with Gasteiger partial charge in [0.25, 0.3) is 0 Å². The molecule has 0 saturated carbocycles. The molecular weight excluding hydrogens is 522 g/mol. The van der Waals surface area contributed by atoms with Gasteiger partial charge in [0.1, 0.15) is 11.7 Å². The van der Waals surface area contributed by atoms with E-state index in [1.54, 1.807) is 25.7 Å². The number of piperazine rings is 1. The first-order valence-electron chi connectivity index (χ1n) is 8.61. The molecule has 10 heteroatoms. The minimum absolute atomic E-state index is 0.0292. The fourth-order valence-electron chi connectivity index (χ4n) is 3.02. The Morgan fingerprint density at radius 1 is 1.39 bits per heavy atom. The van der Waals surface area contributed by atoms with Gasteiger partial charge in [-0.2, -0.15) is 0 Å². The molecule has 1 aromatic carbocycles. The second-order valence-corrected chi connectivity index (χ2v) is 9.26. The second kappa shape index (κ2) is 9.34. The zero-order valence-electron chi connectivity index (χ0n) is 16.0. The summed E-state index contributed by atoms with van der Waals surface area (Å²) in [5.41, 5.74) is -0.308. The number of carboxylic acids is 1. The van der Waals surface area contributed by atoms with Crippen molar-refractivity contribution in [2.75, 3.05) is 26.7 Å². The van der Waals surface area contributed by atoms with Crippen molar-refractivity contribution in [3.63, 3.8) is 0 Å². The van der Waals surface area contributed by atoms with Crippen LogP contribution in [0.1, 0.15) is 42.8 Å². The summed E-state index contributed by atoms with van der Waals surface area (Å²) in [6.07, 6.45) is -1.13. The predicted octanol–water partition coefficient (Wildman–Crippen LogP) is 4.19. The molecule has 7 nitrogen and oxygen atoms in total. The summed E-state index contributed by atoms with van der Waals surface area (Å²) >= 11 is 14.5. The number of carboxylic acid groups (broad SMARTS) is 1. The molecule has 0 aliphatic carbocycles. The van der Waals surface area contributed by atoms with Crippen molar-refractivity contribution in [3.8, 4) is 0 Å². The van der Waals surface area contributed by atoms with Gasteiger partial charge in [-0.3, -0.25) is 0 Å². The van der Waals surface area contributed by atoms with E-state index in [-0.39, 0.29) is 28.2 Å². The molecule has 2 N–H and O–H groups in total. The minimum atomic E-state index is -1.16. The van der Waals surface area contributed by atoms with Gasteiger partial charge < -0.3 is 24.8 Å². The summed E-state index contributed by atoms with van der Waals surface area (Å²) in [4.78, 5) is 25.8. The molecule has 1 heterocycles. The van der Waals surface area contributed by atoms with E-state index < -0.39 is 23.8 Å². The van der Waals surface area contributed by atoms with E-state index in [4.69, 9.17) is 32.7 Å². The van der Waals surface area contributed by atoms with Crippen molar-refractivity contribution in [2.24, 2.45) is 0 Å². The molecule has 0 aromatic heterocycles. The number of ether oxygens (including phenoxy) is 2. The van der Waals surface area contributed by atoms with Crippen LogP contribution >= 0.6 is 45.8 Å². The van der Waals surface area contributed by atoms with Crippen molar-refractivity contribution >= 4 is 57.9 Å². The fraction of sp³-hybridized carbons (Fsp3) is 0.556. The van der Waals surface area contributed by atoms with Gasteiger partial charge in [0.05, 0.1) is 25.2 Å². The lowest BCUT2D eigenvalue weighted by Crippen LogP contribution is -2.56. The van der Waals surface area contributed by atoms with E-state index in [1.807, 2.05) is 22.6 Å². The van der Waals surface area contributed by atoms with E-state index >= 15 is 0 Å². The van der Waals surface area contributed by atoms with Crippen LogP contribution in [0.2, 0.25) is 10.0 Å². The molecule has 1 saturated heterocycles. The van der Waals surface area contributed by atoms with Crippen molar-refractivity contribution in [1.29, 1.82) is 0 Å². The Bertz CT molecular complexity index is 769. The monoisotopic (exact) mass is 544 g/mol. The summed E-state index contributed by atoms with van der Waals surface area (Å²) in [7, 11) is 1.47. The van der Waals surface area contributed by atoms with Gasteiger partial charge in [-0.25, -0.2) is 9.59 Å². The highest BCUT2D eigenvalue weighted by Gasteiger charge is 2.36. The van der Waals surface area contributed by atoms with Gasteiger partial charge in [-0.05, 0) is 49.4 Å². The second-order valence-electron chi connectivity index (χ2n) is 7.40. The molecule has 0 spiro atoms. The number of nitrogens with zero attached hydrogens (tertiary/aromatic N) is 1. The number of benzene rings is 1. The lowest BCUT2D eigenvalue weighted by molar-refractivity contribution is 0.00335. The summed E-state index contributed by atoms with van der Waals surface area (Å²) in [6, 6.07) is 0.992. The van der Waals surface area contributed by atoms with E-state index in [2.05, 4.69) is 5.32 Å². The van der Waals surface area contributed by atoms with Crippen LogP contribution in [-0.4, -0.2) is 60.5 Å². The Hall–Kier alpha value is -0.810. The van der Waals surface area contributed by atoms with Crippen molar-refractivity contribution in [2.45, 2.75) is 38.5 Å². The third-order valence-electron chi connectivity index (χ3n) is 4.19. The molecule has 0 radical (unpaired) electrons. The summed E-state index contributed by atoms with van der Waals surface area (Å²) in [6.45, 7) is 6.67. The average molecular weight is 545 g/mol. The van der Waals surface area contributed by atoms with Crippen molar-refractivity contribution in [1.82, 2.24) is 10.2 Å². The van der Waals surface area contributed by atoms with Crippen LogP contribution in [0.4, 0.5) is 4.79 Å². The van der Waals surface area contributed by atoms with E-state index in [9.17, 15) is 14.7 Å². The highest BCUT2D eigenvalue weighted by Crippen LogP contribution is 2.38. The molecule has 1 aromatic rings. The quantitative estimate of drug-likeness (QED) is 0.436. The first-order chi connectivity index (χ1) is 13.0. The Morgan fingerprint density at radius 2 is 2.04 bits per heavy atom. The molecule has 1 aliphatic heterocycles. The molecule has 2 atom stereocenters. The molecule has 156 valence electrons. The maximum atomic E-state index is 12.4. The van der Waals surface area contributed by atoms with E-state index in [1.165, 1.54) is 13.2 Å². The number of hydrogen-bond donors (Lipinski definition) is 2. The van der Waals surface area contributed by atoms with Crippen LogP contribution in [0.3, 0.4) is 0 Å². The van der Waals surface area contributed by atoms with E-state index in [0.29, 0.717) is 22.2 Å². The number of halogens is 3. The zero-order valence-corrected chi connectivity index (χ0v) is 19.7. The van der Waals surface area contributed by atoms with Crippen LogP contribution in [0.15, 0.2) is 6.07 Å². The van der Waals surface area contributed by atoms with Gasteiger partial charge in [0.2, 0.25) is 0 Å². The highest BCUT2D eigenvalue weighted by molar-refractivity contribution is 14.1. The number of rotatable bonds is 4. The molecule has 0 bridgehead atoms. The third kappa shape index (κ3) is 5.41. The molecule has 1 fully saturated rings. The molecule has 28 heavy (non-hydrogen) atoms. The van der Waals surface area contributed by atoms with Gasteiger partial charge in [0, 0.05) is 32.3 Å². The number of methoxy groups -OCH3 is 1. The van der Waals surface area contributed by atoms with Gasteiger partial charge >= 0.3 is 12.1 Å². The molecule has 1 amide bonds. The van der Waals surface area contributed by atoms with Gasteiger partial charge in [-0.1, -0.05) is 23.2 Å². The largest absolute Gasteiger partial charge is 0.478 e. The normalized spacial score (nSPS) is 18.7. The molecule has 1 aliphatic rings. The maximum Gasteiger partial charge on any atom is 0.410 e. The van der Waals surface area contributed by atoms with Gasteiger partial charge in [0.15, 0.2) is 0 Å². The van der Waals surface area contributed by atoms with Crippen LogP contribution in [0, 0.1) is 3.57 Å². The van der Waals surface area contributed by atoms with Crippen molar-refractivity contribution < 1.29 is 24.2 Å².